The van der Waals surface area contributed by atoms with Crippen LogP contribution in [0.4, 0.5) is 4.39 Å². The molecule has 0 aliphatic heterocycles. The summed E-state index contributed by atoms with van der Waals surface area (Å²) in [4.78, 5) is 0. The predicted octanol–water partition coefficient (Wildman–Crippen LogP) is 4.67. The lowest BCUT2D eigenvalue weighted by Crippen LogP contribution is -2.26. The van der Waals surface area contributed by atoms with E-state index >= 15 is 4.39 Å². The number of nitrogens with one attached hydrogen (secondary N) is 1. The molecule has 2 aromatic carbocycles. The molecule has 1 aromatic heterocycles. The number of aromatic amines is 1. The molecule has 0 radical (unpaired) electrons. The van der Waals surface area contributed by atoms with Gasteiger partial charge in [-0.05, 0) is 35.2 Å². The number of H-pyrrole nitrogens is 1. The van der Waals surface area contributed by atoms with Gasteiger partial charge in [0.1, 0.15) is 5.67 Å². The smallest absolute Gasteiger partial charge is 0.145 e. The van der Waals surface area contributed by atoms with Crippen molar-refractivity contribution in [3.05, 3.63) is 82.1 Å². The van der Waals surface area contributed by atoms with Crippen LogP contribution < -0.4 is 0 Å². The fraction of sp³-hybridized carbons (Fsp3) is 0.263. The van der Waals surface area contributed by atoms with Crippen LogP contribution in [0.5, 0.6) is 0 Å². The molecule has 0 aliphatic rings. The summed E-state index contributed by atoms with van der Waals surface area (Å²) in [5.74, 6) is 0. The van der Waals surface area contributed by atoms with Gasteiger partial charge in [0, 0.05) is 24.1 Å². The zero-order valence-electron chi connectivity index (χ0n) is 13.5. The molecule has 3 rings (SSSR count). The van der Waals surface area contributed by atoms with Gasteiger partial charge in [0.05, 0.1) is 5.69 Å². The highest BCUT2D eigenvalue weighted by Crippen LogP contribution is 2.34. The van der Waals surface area contributed by atoms with Crippen LogP contribution in [-0.4, -0.2) is 15.4 Å². The Balaban J connectivity index is 1.92. The summed E-state index contributed by atoms with van der Waals surface area (Å²) in [6.07, 6.45) is 3.02. The molecule has 1 atom stereocenters. The van der Waals surface area contributed by atoms with Gasteiger partial charge in [0.2, 0.25) is 0 Å². The Hall–Kier alpha value is -2.20. The minimum absolute atomic E-state index is 0.153. The number of aromatic nitrogens is 3. The summed E-state index contributed by atoms with van der Waals surface area (Å²) in [6.45, 7) is 2.10. The number of rotatable bonds is 6. The van der Waals surface area contributed by atoms with Crippen molar-refractivity contribution in [1.82, 2.24) is 15.4 Å². The third-order valence-electron chi connectivity index (χ3n) is 4.21. The Morgan fingerprint density at radius 3 is 2.25 bits per heavy atom. The lowest BCUT2D eigenvalue weighted by atomic mass is 9.85. The topological polar surface area (TPSA) is 41.6 Å². The second kappa shape index (κ2) is 7.14. The second-order valence-corrected chi connectivity index (χ2v) is 6.40. The van der Waals surface area contributed by atoms with Crippen LogP contribution in [0.25, 0.3) is 0 Å². The summed E-state index contributed by atoms with van der Waals surface area (Å²) < 4.78 is 16.0. The van der Waals surface area contributed by atoms with E-state index in [-0.39, 0.29) is 12.8 Å². The number of aryl methyl sites for hydroxylation is 1. The van der Waals surface area contributed by atoms with Crippen molar-refractivity contribution in [2.45, 2.75) is 31.9 Å². The Morgan fingerprint density at radius 1 is 1.00 bits per heavy atom. The maximum Gasteiger partial charge on any atom is 0.145 e. The fourth-order valence-electron chi connectivity index (χ4n) is 2.83. The van der Waals surface area contributed by atoms with E-state index in [1.54, 1.807) is 30.5 Å². The Labute approximate surface area is 145 Å². The first-order valence-electron chi connectivity index (χ1n) is 7.97. The number of hydrogen-bond acceptors (Lipinski definition) is 2. The molecule has 0 bridgehead atoms. The van der Waals surface area contributed by atoms with Crippen LogP contribution in [0.3, 0.4) is 0 Å². The average molecular weight is 344 g/mol. The van der Waals surface area contributed by atoms with E-state index in [0.29, 0.717) is 16.3 Å². The maximum atomic E-state index is 16.0. The van der Waals surface area contributed by atoms with Gasteiger partial charge in [-0.15, -0.1) is 5.10 Å². The molecule has 0 saturated carbocycles. The van der Waals surface area contributed by atoms with Crippen molar-refractivity contribution in [3.63, 3.8) is 0 Å². The maximum absolute atomic E-state index is 16.0. The van der Waals surface area contributed by atoms with E-state index < -0.39 is 5.67 Å². The number of hydrogen-bond donors (Lipinski definition) is 1. The van der Waals surface area contributed by atoms with E-state index in [1.807, 2.05) is 24.3 Å². The molecule has 0 aliphatic carbocycles. The molecular weight excluding hydrogens is 325 g/mol. The SMILES string of the molecule is CCc1ccc(CC(F)(Cc2c[nH]nn2)c2ccc(Cl)cc2)cc1. The van der Waals surface area contributed by atoms with Crippen LogP contribution in [0.2, 0.25) is 5.02 Å². The largest absolute Gasteiger partial charge is 0.265 e. The van der Waals surface area contributed by atoms with Crippen LogP contribution in [0.15, 0.2) is 54.7 Å². The lowest BCUT2D eigenvalue weighted by molar-refractivity contribution is 0.162. The zero-order valence-corrected chi connectivity index (χ0v) is 14.2. The van der Waals surface area contributed by atoms with Gasteiger partial charge < -0.3 is 0 Å². The molecule has 1 N–H and O–H groups in total. The van der Waals surface area contributed by atoms with Gasteiger partial charge in [-0.3, -0.25) is 5.10 Å². The Bertz CT molecular complexity index is 769. The van der Waals surface area contributed by atoms with Crippen molar-refractivity contribution < 1.29 is 4.39 Å². The van der Waals surface area contributed by atoms with Gasteiger partial charge in [0.15, 0.2) is 0 Å². The van der Waals surface area contributed by atoms with Crippen molar-refractivity contribution in [1.29, 1.82) is 0 Å². The van der Waals surface area contributed by atoms with E-state index in [0.717, 1.165) is 12.0 Å². The molecule has 0 saturated heterocycles. The summed E-state index contributed by atoms with van der Waals surface area (Å²) in [7, 11) is 0. The van der Waals surface area contributed by atoms with Gasteiger partial charge in [-0.2, -0.15) is 0 Å². The van der Waals surface area contributed by atoms with Gasteiger partial charge in [0.25, 0.3) is 0 Å². The number of halogens is 2. The summed E-state index contributed by atoms with van der Waals surface area (Å²) in [5.41, 5.74) is 1.81. The minimum Gasteiger partial charge on any atom is -0.265 e. The molecule has 0 spiro atoms. The van der Waals surface area contributed by atoms with Gasteiger partial charge in [-0.25, -0.2) is 4.39 Å². The van der Waals surface area contributed by atoms with Crippen LogP contribution >= 0.6 is 11.6 Å². The molecule has 124 valence electrons. The average Bonchev–Trinajstić information content (AvgIpc) is 3.08. The first-order chi connectivity index (χ1) is 11.6. The molecule has 1 heterocycles. The normalized spacial score (nSPS) is 13.6. The van der Waals surface area contributed by atoms with Crippen molar-refractivity contribution in [2.24, 2.45) is 0 Å². The summed E-state index contributed by atoms with van der Waals surface area (Å²) >= 11 is 5.95. The van der Waals surface area contributed by atoms with E-state index in [9.17, 15) is 0 Å². The van der Waals surface area contributed by atoms with Crippen LogP contribution in [0.1, 0.15) is 29.3 Å². The van der Waals surface area contributed by atoms with Crippen molar-refractivity contribution >= 4 is 11.6 Å². The van der Waals surface area contributed by atoms with E-state index in [4.69, 9.17) is 11.6 Å². The molecule has 24 heavy (non-hydrogen) atoms. The van der Waals surface area contributed by atoms with E-state index in [2.05, 4.69) is 22.3 Å². The standard InChI is InChI=1S/C19H19ClFN3/c1-2-14-3-5-15(6-4-14)11-19(21,12-18-13-22-24-23-18)16-7-9-17(20)10-8-16/h3-10,13H,2,11-12H2,1H3,(H,22,23,24). The van der Waals surface area contributed by atoms with Crippen molar-refractivity contribution in [3.8, 4) is 0 Å². The van der Waals surface area contributed by atoms with Crippen LogP contribution in [0, 0.1) is 0 Å². The highest BCUT2D eigenvalue weighted by molar-refractivity contribution is 6.30. The molecule has 0 amide bonds. The number of alkyl halides is 1. The monoisotopic (exact) mass is 343 g/mol. The molecule has 5 heteroatoms. The molecule has 3 nitrogen and oxygen atoms in total. The van der Waals surface area contributed by atoms with Gasteiger partial charge in [-0.1, -0.05) is 60.1 Å². The summed E-state index contributed by atoms with van der Waals surface area (Å²) in [6, 6.07) is 15.0. The zero-order chi connectivity index (χ0) is 17.0. The molecule has 1 unspecified atom stereocenters. The van der Waals surface area contributed by atoms with Gasteiger partial charge >= 0.3 is 0 Å². The first-order valence-corrected chi connectivity index (χ1v) is 8.35. The third-order valence-corrected chi connectivity index (χ3v) is 4.46. The highest BCUT2D eigenvalue weighted by atomic mass is 35.5. The first kappa shape index (κ1) is 16.7. The minimum atomic E-state index is -1.57. The molecular formula is C19H19ClFN3. The van der Waals surface area contributed by atoms with Crippen LogP contribution in [-0.2, 0) is 24.9 Å². The molecule has 0 fully saturated rings. The Morgan fingerprint density at radius 2 is 1.67 bits per heavy atom. The second-order valence-electron chi connectivity index (χ2n) is 5.96. The van der Waals surface area contributed by atoms with E-state index in [1.165, 1.54) is 5.56 Å². The lowest BCUT2D eigenvalue weighted by Gasteiger charge is -2.25. The number of nitrogens with zero attached hydrogens (tertiary/aromatic N) is 2. The Kier molecular flexibility index (Phi) is 4.95. The predicted molar refractivity (Wildman–Crippen MR) is 93.8 cm³/mol. The summed E-state index contributed by atoms with van der Waals surface area (Å²) in [5, 5.41) is 10.9. The molecule has 3 aromatic rings. The quantitative estimate of drug-likeness (QED) is 0.706. The highest BCUT2D eigenvalue weighted by Gasteiger charge is 2.33. The van der Waals surface area contributed by atoms with Crippen molar-refractivity contribution in [2.75, 3.05) is 0 Å². The fourth-order valence-corrected chi connectivity index (χ4v) is 2.96. The third kappa shape index (κ3) is 3.82. The number of benzene rings is 2.